The smallest absolute Gasteiger partial charge is 0.265 e. The van der Waals surface area contributed by atoms with E-state index in [0.717, 1.165) is 0 Å². The van der Waals surface area contributed by atoms with Crippen molar-refractivity contribution in [3.8, 4) is 6.07 Å². The number of rotatable bonds is 6. The van der Waals surface area contributed by atoms with Gasteiger partial charge in [-0.05, 0) is 32.4 Å². The van der Waals surface area contributed by atoms with Crippen LogP contribution in [0.15, 0.2) is 35.6 Å². The fourth-order valence-corrected chi connectivity index (χ4v) is 4.01. The maximum Gasteiger partial charge on any atom is 0.265 e. The number of halogens is 1. The zero-order valence-electron chi connectivity index (χ0n) is 14.7. The van der Waals surface area contributed by atoms with Gasteiger partial charge in [0.2, 0.25) is 0 Å². The molecule has 0 atom stereocenters. The fourth-order valence-electron chi connectivity index (χ4n) is 2.75. The van der Waals surface area contributed by atoms with Crippen molar-refractivity contribution in [1.29, 1.82) is 5.26 Å². The summed E-state index contributed by atoms with van der Waals surface area (Å²) in [7, 11) is -3.91. The van der Waals surface area contributed by atoms with Gasteiger partial charge in [-0.15, -0.1) is 0 Å². The molecule has 3 rings (SSSR count). The molecule has 1 aromatic carbocycles. The second-order valence-electron chi connectivity index (χ2n) is 6.67. The largest absolute Gasteiger partial charge is 0.396 e. The molecule has 0 aliphatic rings. The molecule has 10 heteroatoms. The number of aromatic amines is 1. The first kappa shape index (κ1) is 19.2. The normalized spacial score (nSPS) is 12.3. The number of nitrogens with zero attached hydrogens (tertiary/aromatic N) is 3. The van der Waals surface area contributed by atoms with E-state index in [-0.39, 0.29) is 17.2 Å². The van der Waals surface area contributed by atoms with Crippen molar-refractivity contribution in [2.45, 2.75) is 30.7 Å². The molecular weight excluding hydrogens is 390 g/mol. The van der Waals surface area contributed by atoms with E-state index in [1.54, 1.807) is 0 Å². The van der Waals surface area contributed by atoms with Gasteiger partial charge in [0.15, 0.2) is 0 Å². The average Bonchev–Trinajstić information content (AvgIpc) is 3.25. The molecular formula is C17H18ClN5O3S. The Labute approximate surface area is 161 Å². The number of nitrogens with one attached hydrogen (secondary N) is 2. The van der Waals surface area contributed by atoms with Crippen LogP contribution in [0.25, 0.3) is 10.9 Å². The number of aromatic nitrogens is 3. The molecule has 3 aromatic rings. The van der Waals surface area contributed by atoms with E-state index in [1.165, 1.54) is 35.4 Å². The minimum absolute atomic E-state index is 0.0105. The second kappa shape index (κ2) is 6.88. The van der Waals surface area contributed by atoms with Gasteiger partial charge in [-0.2, -0.15) is 10.4 Å². The SMILES string of the molecule is CC(C)(CCO)n1cc(S(=O)(=O)Nc2ccc(Cl)c3c(C#N)c[nH]c23)cn1. The van der Waals surface area contributed by atoms with Gasteiger partial charge in [0.25, 0.3) is 10.0 Å². The number of fused-ring (bicyclic) bond motifs is 1. The Hall–Kier alpha value is -2.54. The molecule has 3 N–H and O–H groups in total. The Morgan fingerprint density at radius 2 is 2.19 bits per heavy atom. The van der Waals surface area contributed by atoms with Crippen molar-refractivity contribution in [2.75, 3.05) is 11.3 Å². The van der Waals surface area contributed by atoms with E-state index in [2.05, 4.69) is 14.8 Å². The van der Waals surface area contributed by atoms with Crippen molar-refractivity contribution in [3.05, 3.63) is 41.3 Å². The number of H-pyrrole nitrogens is 1. The predicted octanol–water partition coefficient (Wildman–Crippen LogP) is 2.81. The average molecular weight is 408 g/mol. The summed E-state index contributed by atoms with van der Waals surface area (Å²) < 4.78 is 29.6. The first-order valence-corrected chi connectivity index (χ1v) is 9.94. The summed E-state index contributed by atoms with van der Waals surface area (Å²) in [5.74, 6) is 0. The summed E-state index contributed by atoms with van der Waals surface area (Å²) in [5.41, 5.74) is 0.500. The van der Waals surface area contributed by atoms with Crippen molar-refractivity contribution in [3.63, 3.8) is 0 Å². The lowest BCUT2D eigenvalue weighted by atomic mass is 10.0. The number of anilines is 1. The molecule has 0 aliphatic heterocycles. The standard InChI is InChI=1S/C17H18ClN5O3S/c1-17(2,5-6-24)23-10-12(9-21-23)27(25,26)22-14-4-3-13(18)15-11(7-19)8-20-16(14)15/h3-4,8-10,20,22,24H,5-6H2,1-2H3. The molecule has 0 aliphatic carbocycles. The zero-order chi connectivity index (χ0) is 19.8. The van der Waals surface area contributed by atoms with E-state index >= 15 is 0 Å². The van der Waals surface area contributed by atoms with E-state index in [9.17, 15) is 13.7 Å². The van der Waals surface area contributed by atoms with Gasteiger partial charge in [-0.1, -0.05) is 11.6 Å². The third-order valence-electron chi connectivity index (χ3n) is 4.36. The van der Waals surface area contributed by atoms with Crippen LogP contribution in [0.4, 0.5) is 5.69 Å². The Balaban J connectivity index is 1.98. The molecule has 0 fully saturated rings. The highest BCUT2D eigenvalue weighted by molar-refractivity contribution is 7.92. The summed E-state index contributed by atoms with van der Waals surface area (Å²) in [4.78, 5) is 2.88. The van der Waals surface area contributed by atoms with Gasteiger partial charge < -0.3 is 10.1 Å². The molecule has 8 nitrogen and oxygen atoms in total. The Morgan fingerprint density at radius 1 is 1.44 bits per heavy atom. The maximum absolute atomic E-state index is 12.8. The van der Waals surface area contributed by atoms with E-state index in [0.29, 0.717) is 27.9 Å². The van der Waals surface area contributed by atoms with Crippen LogP contribution in [-0.4, -0.2) is 34.9 Å². The number of sulfonamides is 1. The van der Waals surface area contributed by atoms with Gasteiger partial charge in [-0.3, -0.25) is 9.40 Å². The highest BCUT2D eigenvalue weighted by Gasteiger charge is 2.25. The van der Waals surface area contributed by atoms with Crippen LogP contribution in [0.2, 0.25) is 5.02 Å². The van der Waals surface area contributed by atoms with Crippen LogP contribution in [0, 0.1) is 11.3 Å². The van der Waals surface area contributed by atoms with Crippen LogP contribution < -0.4 is 4.72 Å². The number of aliphatic hydroxyl groups excluding tert-OH is 1. The van der Waals surface area contributed by atoms with Gasteiger partial charge in [-0.25, -0.2) is 8.42 Å². The lowest BCUT2D eigenvalue weighted by molar-refractivity contribution is 0.201. The van der Waals surface area contributed by atoms with E-state index in [4.69, 9.17) is 16.7 Å². The Morgan fingerprint density at radius 3 is 2.85 bits per heavy atom. The van der Waals surface area contributed by atoms with Crippen molar-refractivity contribution in [1.82, 2.24) is 14.8 Å². The van der Waals surface area contributed by atoms with Crippen molar-refractivity contribution < 1.29 is 13.5 Å². The van der Waals surface area contributed by atoms with Crippen LogP contribution in [0.5, 0.6) is 0 Å². The highest BCUT2D eigenvalue weighted by atomic mass is 35.5. The summed E-state index contributed by atoms with van der Waals surface area (Å²) in [6.45, 7) is 3.67. The van der Waals surface area contributed by atoms with Crippen LogP contribution in [-0.2, 0) is 15.6 Å². The van der Waals surface area contributed by atoms with Gasteiger partial charge in [0.05, 0.1) is 33.5 Å². The third kappa shape index (κ3) is 3.51. The van der Waals surface area contributed by atoms with Gasteiger partial charge in [0, 0.05) is 24.4 Å². The Bertz CT molecular complexity index is 1140. The predicted molar refractivity (Wildman–Crippen MR) is 102 cm³/mol. The number of hydrogen-bond donors (Lipinski definition) is 3. The number of nitriles is 1. The molecule has 0 unspecified atom stereocenters. The lowest BCUT2D eigenvalue weighted by Crippen LogP contribution is -2.28. The number of aliphatic hydroxyl groups is 1. The topological polar surface area (TPSA) is 124 Å². The Kier molecular flexibility index (Phi) is 4.90. The van der Waals surface area contributed by atoms with E-state index in [1.807, 2.05) is 19.9 Å². The van der Waals surface area contributed by atoms with Crippen LogP contribution in [0.3, 0.4) is 0 Å². The first-order valence-electron chi connectivity index (χ1n) is 8.08. The van der Waals surface area contributed by atoms with Crippen molar-refractivity contribution in [2.24, 2.45) is 0 Å². The molecule has 0 amide bonds. The van der Waals surface area contributed by atoms with Gasteiger partial charge in [0.1, 0.15) is 11.0 Å². The summed E-state index contributed by atoms with van der Waals surface area (Å²) in [6, 6.07) is 5.08. The molecule has 142 valence electrons. The molecule has 0 spiro atoms. The minimum Gasteiger partial charge on any atom is -0.396 e. The van der Waals surface area contributed by atoms with Crippen LogP contribution >= 0.6 is 11.6 Å². The summed E-state index contributed by atoms with van der Waals surface area (Å²) in [5, 5.41) is 23.3. The molecule has 0 bridgehead atoms. The molecule has 27 heavy (non-hydrogen) atoms. The van der Waals surface area contributed by atoms with Crippen molar-refractivity contribution >= 4 is 38.2 Å². The molecule has 2 heterocycles. The number of hydrogen-bond acceptors (Lipinski definition) is 5. The zero-order valence-corrected chi connectivity index (χ0v) is 16.3. The lowest BCUT2D eigenvalue weighted by Gasteiger charge is -2.24. The summed E-state index contributed by atoms with van der Waals surface area (Å²) >= 11 is 6.14. The molecule has 0 saturated heterocycles. The molecule has 0 radical (unpaired) electrons. The minimum atomic E-state index is -3.91. The second-order valence-corrected chi connectivity index (χ2v) is 8.76. The first-order chi connectivity index (χ1) is 12.7. The monoisotopic (exact) mass is 407 g/mol. The third-order valence-corrected chi connectivity index (χ3v) is 6.00. The van der Waals surface area contributed by atoms with Crippen LogP contribution in [0.1, 0.15) is 25.8 Å². The van der Waals surface area contributed by atoms with Gasteiger partial charge >= 0.3 is 0 Å². The number of benzene rings is 1. The van der Waals surface area contributed by atoms with E-state index < -0.39 is 15.6 Å². The summed E-state index contributed by atoms with van der Waals surface area (Å²) in [6.07, 6.45) is 4.58. The highest BCUT2D eigenvalue weighted by Crippen LogP contribution is 2.33. The quantitative estimate of drug-likeness (QED) is 0.579. The molecule has 0 saturated carbocycles. The maximum atomic E-state index is 12.8. The fraction of sp³-hybridized carbons (Fsp3) is 0.294. The molecule has 2 aromatic heterocycles.